The van der Waals surface area contributed by atoms with Gasteiger partial charge in [-0.25, -0.2) is 0 Å². The molecule has 360 valence electrons. The van der Waals surface area contributed by atoms with Crippen LogP contribution in [-0.4, -0.2) is 0 Å². The van der Waals surface area contributed by atoms with Crippen LogP contribution in [0.1, 0.15) is 44.5 Å². The van der Waals surface area contributed by atoms with E-state index in [2.05, 4.69) is 290 Å². The first-order valence-corrected chi connectivity index (χ1v) is 26.6. The molecule has 0 fully saturated rings. The summed E-state index contributed by atoms with van der Waals surface area (Å²) < 4.78 is 13.3. The van der Waals surface area contributed by atoms with E-state index in [0.29, 0.717) is 0 Å². The topological polar surface area (TPSA) is 21.7 Å². The summed E-state index contributed by atoms with van der Waals surface area (Å²) in [5.74, 6) is 3.57. The summed E-state index contributed by atoms with van der Waals surface area (Å²) in [6.07, 6.45) is 0. The number of rotatable bonds is 6. The van der Waals surface area contributed by atoms with Gasteiger partial charge in [0, 0.05) is 39.3 Å². The minimum atomic E-state index is -0.553. The van der Waals surface area contributed by atoms with E-state index in [-0.39, 0.29) is 0 Å². The molecule has 0 saturated carbocycles. The highest BCUT2D eigenvalue weighted by Gasteiger charge is 2.52. The van der Waals surface area contributed by atoms with Gasteiger partial charge in [0.1, 0.15) is 23.0 Å². The van der Waals surface area contributed by atoms with Crippen LogP contribution in [0.3, 0.4) is 0 Å². The van der Waals surface area contributed by atoms with Gasteiger partial charge < -0.3 is 14.4 Å². The van der Waals surface area contributed by atoms with Crippen molar-refractivity contribution in [1.29, 1.82) is 0 Å². The van der Waals surface area contributed by atoms with Crippen molar-refractivity contribution >= 4 is 17.1 Å². The normalized spacial score (nSPS) is 13.9. The Bertz CT molecular complexity index is 4250. The molecule has 2 aliphatic carbocycles. The van der Waals surface area contributed by atoms with E-state index in [9.17, 15) is 0 Å². The quantitative estimate of drug-likeness (QED) is 0.166. The Hall–Kier alpha value is -9.96. The number of hydrogen-bond donors (Lipinski definition) is 0. The maximum absolute atomic E-state index is 6.67. The van der Waals surface area contributed by atoms with Crippen molar-refractivity contribution in [2.75, 3.05) is 4.90 Å². The molecular formula is C74H47NO2. The van der Waals surface area contributed by atoms with Crippen LogP contribution in [-0.2, 0) is 10.8 Å². The molecule has 0 radical (unpaired) electrons. The first-order chi connectivity index (χ1) is 38.2. The minimum Gasteiger partial charge on any atom is -0.457 e. The van der Waals surface area contributed by atoms with Crippen molar-refractivity contribution < 1.29 is 9.47 Å². The molecule has 0 aromatic heterocycles. The van der Waals surface area contributed by atoms with E-state index in [1.807, 2.05) is 0 Å². The molecule has 0 amide bonds. The molecule has 4 aliphatic rings. The van der Waals surface area contributed by atoms with Gasteiger partial charge in [-0.3, -0.25) is 0 Å². The fourth-order valence-electron chi connectivity index (χ4n) is 13.6. The van der Waals surface area contributed by atoms with Gasteiger partial charge in [0.15, 0.2) is 0 Å². The van der Waals surface area contributed by atoms with Crippen molar-refractivity contribution in [2.45, 2.75) is 10.8 Å². The number of nitrogens with zero attached hydrogens (tertiary/aromatic N) is 1. The number of fused-ring (bicyclic) bond motifs is 18. The van der Waals surface area contributed by atoms with Crippen LogP contribution in [0.15, 0.2) is 285 Å². The summed E-state index contributed by atoms with van der Waals surface area (Å²) in [5, 5.41) is 0. The zero-order valence-corrected chi connectivity index (χ0v) is 41.9. The fourth-order valence-corrected chi connectivity index (χ4v) is 13.6. The van der Waals surface area contributed by atoms with Crippen LogP contribution in [0.25, 0.3) is 55.6 Å². The van der Waals surface area contributed by atoms with E-state index < -0.39 is 10.8 Å². The lowest BCUT2D eigenvalue weighted by molar-refractivity contribution is 0.436. The summed E-state index contributed by atoms with van der Waals surface area (Å²) >= 11 is 0. The molecule has 16 rings (SSSR count). The monoisotopic (exact) mass is 981 g/mol. The van der Waals surface area contributed by atoms with E-state index >= 15 is 0 Å². The largest absolute Gasteiger partial charge is 0.457 e. The molecule has 12 aromatic carbocycles. The van der Waals surface area contributed by atoms with Gasteiger partial charge in [-0.2, -0.15) is 0 Å². The highest BCUT2D eigenvalue weighted by molar-refractivity contribution is 5.93. The van der Waals surface area contributed by atoms with Gasteiger partial charge in [0.25, 0.3) is 0 Å². The SMILES string of the molecule is c1ccc(-c2ccc(N(c3ccc(-c4ccc5c(c4)C4(c6ccccc6Oc6ccccc64)c4ccccc4-5)cc3)c3cccc(-c4ccc5c(c4)C4(c6ccccc6Oc6ccccc64)c4ccccc4-5)c3)cc2)cc1. The van der Waals surface area contributed by atoms with Crippen LogP contribution >= 0.6 is 0 Å². The Morgan fingerprint density at radius 2 is 0.532 bits per heavy atom. The van der Waals surface area contributed by atoms with E-state index in [0.717, 1.165) is 84.6 Å². The zero-order chi connectivity index (χ0) is 50.7. The second kappa shape index (κ2) is 16.8. The molecule has 3 nitrogen and oxygen atoms in total. The van der Waals surface area contributed by atoms with Crippen LogP contribution < -0.4 is 14.4 Å². The Balaban J connectivity index is 0.824. The highest BCUT2D eigenvalue weighted by Crippen LogP contribution is 2.64. The molecule has 2 heterocycles. The Labute approximate surface area is 448 Å². The smallest absolute Gasteiger partial charge is 0.132 e. The van der Waals surface area contributed by atoms with Crippen LogP contribution in [0, 0.1) is 0 Å². The maximum Gasteiger partial charge on any atom is 0.132 e. The third kappa shape index (κ3) is 6.26. The average molecular weight is 982 g/mol. The third-order valence-corrected chi connectivity index (χ3v) is 16.8. The molecule has 3 heteroatoms. The molecular weight excluding hydrogens is 935 g/mol. The van der Waals surface area contributed by atoms with Gasteiger partial charge in [0.05, 0.1) is 10.8 Å². The number of benzene rings is 12. The molecule has 2 spiro atoms. The van der Waals surface area contributed by atoms with E-state index in [1.54, 1.807) is 0 Å². The maximum atomic E-state index is 6.67. The summed E-state index contributed by atoms with van der Waals surface area (Å²) in [6, 6.07) is 104. The number of ether oxygens (including phenoxy) is 2. The molecule has 0 N–H and O–H groups in total. The minimum absolute atomic E-state index is 0.537. The third-order valence-electron chi connectivity index (χ3n) is 16.8. The summed E-state index contributed by atoms with van der Waals surface area (Å²) in [6.45, 7) is 0. The van der Waals surface area contributed by atoms with Crippen LogP contribution in [0.4, 0.5) is 17.1 Å². The van der Waals surface area contributed by atoms with Crippen LogP contribution in [0.2, 0.25) is 0 Å². The van der Waals surface area contributed by atoms with E-state index in [4.69, 9.17) is 9.47 Å². The summed E-state index contributed by atoms with van der Waals surface area (Å²) in [4.78, 5) is 2.39. The lowest BCUT2D eigenvalue weighted by atomic mass is 9.66. The van der Waals surface area contributed by atoms with Gasteiger partial charge in [-0.05, 0) is 151 Å². The first-order valence-electron chi connectivity index (χ1n) is 26.6. The number of hydrogen-bond acceptors (Lipinski definition) is 3. The number of para-hydroxylation sites is 4. The van der Waals surface area contributed by atoms with E-state index in [1.165, 1.54) is 55.6 Å². The molecule has 0 bridgehead atoms. The van der Waals surface area contributed by atoms with Gasteiger partial charge in [-0.1, -0.05) is 212 Å². The lowest BCUT2D eigenvalue weighted by Gasteiger charge is -2.39. The van der Waals surface area contributed by atoms with Crippen molar-refractivity contribution in [1.82, 2.24) is 0 Å². The fraction of sp³-hybridized carbons (Fsp3) is 0.0270. The van der Waals surface area contributed by atoms with Crippen molar-refractivity contribution in [3.8, 4) is 78.6 Å². The predicted octanol–water partition coefficient (Wildman–Crippen LogP) is 19.1. The summed E-state index contributed by atoms with van der Waals surface area (Å²) in [5.41, 5.74) is 23.8. The standard InChI is InChI=1S/C74H47NO2/c1-2-17-48(18-3-1)49-33-39-54(40-34-49)75(55-41-35-50(36-42-55)52-37-43-59-57-21-4-6-23-61(57)73(67(59)46-52)63-25-8-12-29-69(63)76-70-30-13-9-26-64(70)73)56-20-16-19-51(45-56)53-38-44-60-58-22-5-7-24-62(58)74(68(60)47-53)65-27-10-14-31-71(65)77-72-32-15-11-28-66(72)74/h1-47H. The highest BCUT2D eigenvalue weighted by atomic mass is 16.5. The Morgan fingerprint density at radius 3 is 1.00 bits per heavy atom. The second-order valence-corrected chi connectivity index (χ2v) is 20.6. The van der Waals surface area contributed by atoms with Gasteiger partial charge in [0.2, 0.25) is 0 Å². The molecule has 0 unspecified atom stereocenters. The molecule has 0 saturated heterocycles. The molecule has 12 aromatic rings. The van der Waals surface area contributed by atoms with Crippen LogP contribution in [0.5, 0.6) is 23.0 Å². The second-order valence-electron chi connectivity index (χ2n) is 20.6. The Morgan fingerprint density at radius 1 is 0.208 bits per heavy atom. The average Bonchev–Trinajstić information content (AvgIpc) is 4.20. The zero-order valence-electron chi connectivity index (χ0n) is 41.9. The van der Waals surface area contributed by atoms with Gasteiger partial charge >= 0.3 is 0 Å². The first kappa shape index (κ1) is 43.4. The summed E-state index contributed by atoms with van der Waals surface area (Å²) in [7, 11) is 0. The van der Waals surface area contributed by atoms with Crippen molar-refractivity contribution in [3.05, 3.63) is 330 Å². The molecule has 2 aliphatic heterocycles. The van der Waals surface area contributed by atoms with Crippen molar-refractivity contribution in [3.63, 3.8) is 0 Å². The lowest BCUT2D eigenvalue weighted by Crippen LogP contribution is -2.32. The molecule has 77 heavy (non-hydrogen) atoms. The van der Waals surface area contributed by atoms with Crippen molar-refractivity contribution in [2.24, 2.45) is 0 Å². The van der Waals surface area contributed by atoms with Gasteiger partial charge in [-0.15, -0.1) is 0 Å². The Kier molecular flexibility index (Phi) is 9.47. The number of anilines is 3. The molecule has 0 atom stereocenters. The predicted molar refractivity (Wildman–Crippen MR) is 312 cm³/mol.